The molecule has 0 aliphatic carbocycles. The first-order chi connectivity index (χ1) is 8.16. The third-order valence-corrected chi connectivity index (χ3v) is 2.27. The summed E-state index contributed by atoms with van der Waals surface area (Å²) in [6, 6.07) is 6.94. The van der Waals surface area contributed by atoms with Crippen LogP contribution in [0.2, 0.25) is 0 Å². The predicted octanol–water partition coefficient (Wildman–Crippen LogP) is -0.0520. The Balaban J connectivity index is 2.20. The second kappa shape index (κ2) is 4.60. The first-order valence-electron chi connectivity index (χ1n) is 5.06. The smallest absolute Gasteiger partial charge is 0.239 e. The molecule has 7 heteroatoms. The fraction of sp³-hybridized carbons (Fsp3) is 0.200. The lowest BCUT2D eigenvalue weighted by Gasteiger charge is -2.12. The quantitative estimate of drug-likeness (QED) is 0.769. The van der Waals surface area contributed by atoms with Crippen molar-refractivity contribution in [3.63, 3.8) is 0 Å². The summed E-state index contributed by atoms with van der Waals surface area (Å²) in [5, 5.41) is 13.9. The van der Waals surface area contributed by atoms with Crippen LogP contribution in [0.1, 0.15) is 6.92 Å². The maximum atomic E-state index is 10.9. The molecule has 0 saturated carbocycles. The zero-order valence-corrected chi connectivity index (χ0v) is 9.24. The largest absolute Gasteiger partial charge is 0.374 e. The van der Waals surface area contributed by atoms with E-state index in [2.05, 4.69) is 20.8 Å². The Kier molecular flexibility index (Phi) is 2.99. The molecule has 7 nitrogen and oxygen atoms in total. The number of hydrogen-bond acceptors (Lipinski definition) is 5. The van der Waals surface area contributed by atoms with Gasteiger partial charge in [0, 0.05) is 5.69 Å². The molecule has 0 saturated heterocycles. The Hall–Kier alpha value is -2.44. The standard InChI is InChI=1S/C10H12N6O/c1-7(10(11)17)13-8-3-2-4-9(5-8)16-6-12-14-15-16/h2-7,13H,1H3,(H2,11,17). The van der Waals surface area contributed by atoms with Gasteiger partial charge in [-0.15, -0.1) is 5.10 Å². The molecular formula is C10H12N6O. The number of rotatable bonds is 4. The molecule has 0 bridgehead atoms. The number of anilines is 1. The molecule has 88 valence electrons. The Morgan fingerprint density at radius 1 is 1.53 bits per heavy atom. The maximum Gasteiger partial charge on any atom is 0.239 e. The molecule has 0 aliphatic heterocycles. The van der Waals surface area contributed by atoms with Crippen molar-refractivity contribution < 1.29 is 4.79 Å². The molecule has 2 rings (SSSR count). The van der Waals surface area contributed by atoms with E-state index < -0.39 is 11.9 Å². The molecule has 1 aromatic heterocycles. The van der Waals surface area contributed by atoms with Gasteiger partial charge < -0.3 is 11.1 Å². The number of amides is 1. The summed E-state index contributed by atoms with van der Waals surface area (Å²) < 4.78 is 1.53. The van der Waals surface area contributed by atoms with Crippen molar-refractivity contribution in [3.05, 3.63) is 30.6 Å². The van der Waals surface area contributed by atoms with Gasteiger partial charge in [-0.25, -0.2) is 4.68 Å². The highest BCUT2D eigenvalue weighted by Crippen LogP contribution is 2.14. The average molecular weight is 232 g/mol. The minimum atomic E-state index is -0.431. The SMILES string of the molecule is CC(Nc1cccc(-n2cnnn2)c1)C(N)=O. The lowest BCUT2D eigenvalue weighted by molar-refractivity contribution is -0.118. The Morgan fingerprint density at radius 3 is 3.00 bits per heavy atom. The van der Waals surface area contributed by atoms with E-state index in [0.717, 1.165) is 11.4 Å². The van der Waals surface area contributed by atoms with Crippen molar-refractivity contribution in [2.75, 3.05) is 5.32 Å². The maximum absolute atomic E-state index is 10.9. The summed E-state index contributed by atoms with van der Waals surface area (Å²) in [4.78, 5) is 10.9. The van der Waals surface area contributed by atoms with Gasteiger partial charge >= 0.3 is 0 Å². The van der Waals surface area contributed by atoms with Crippen LogP contribution in [0, 0.1) is 0 Å². The molecule has 2 aromatic rings. The third-order valence-electron chi connectivity index (χ3n) is 2.27. The van der Waals surface area contributed by atoms with Crippen molar-refractivity contribution >= 4 is 11.6 Å². The molecule has 1 unspecified atom stereocenters. The van der Waals surface area contributed by atoms with Gasteiger partial charge in [0.2, 0.25) is 5.91 Å². The number of tetrazole rings is 1. The van der Waals surface area contributed by atoms with Crippen LogP contribution in [0.4, 0.5) is 5.69 Å². The van der Waals surface area contributed by atoms with E-state index in [4.69, 9.17) is 5.73 Å². The van der Waals surface area contributed by atoms with Crippen molar-refractivity contribution in [1.29, 1.82) is 0 Å². The lowest BCUT2D eigenvalue weighted by atomic mass is 10.2. The van der Waals surface area contributed by atoms with Crippen molar-refractivity contribution in [3.8, 4) is 5.69 Å². The van der Waals surface area contributed by atoms with Crippen LogP contribution in [0.5, 0.6) is 0 Å². The van der Waals surface area contributed by atoms with Gasteiger partial charge in [0.05, 0.1) is 5.69 Å². The normalized spacial score (nSPS) is 12.1. The number of carbonyl (C=O) groups is 1. The zero-order valence-electron chi connectivity index (χ0n) is 9.24. The van der Waals surface area contributed by atoms with Gasteiger partial charge in [-0.05, 0) is 35.5 Å². The average Bonchev–Trinajstić information content (AvgIpc) is 2.82. The molecule has 1 amide bonds. The molecule has 0 aliphatic rings. The summed E-state index contributed by atoms with van der Waals surface area (Å²) in [5.74, 6) is -0.405. The first-order valence-corrected chi connectivity index (χ1v) is 5.06. The van der Waals surface area contributed by atoms with Crippen LogP contribution in [0.3, 0.4) is 0 Å². The minimum absolute atomic E-state index is 0.405. The molecule has 1 aromatic carbocycles. The van der Waals surface area contributed by atoms with Gasteiger partial charge in [0.15, 0.2) is 0 Å². The van der Waals surface area contributed by atoms with Crippen LogP contribution >= 0.6 is 0 Å². The number of nitrogens with one attached hydrogen (secondary N) is 1. The van der Waals surface area contributed by atoms with Gasteiger partial charge in [0.25, 0.3) is 0 Å². The fourth-order valence-corrected chi connectivity index (χ4v) is 1.34. The van der Waals surface area contributed by atoms with Crippen LogP contribution < -0.4 is 11.1 Å². The lowest BCUT2D eigenvalue weighted by Crippen LogP contribution is -2.32. The molecule has 3 N–H and O–H groups in total. The Morgan fingerprint density at radius 2 is 2.35 bits per heavy atom. The van der Waals surface area contributed by atoms with E-state index in [1.807, 2.05) is 24.3 Å². The molecule has 0 spiro atoms. The second-order valence-electron chi connectivity index (χ2n) is 3.57. The molecule has 1 heterocycles. The summed E-state index contributed by atoms with van der Waals surface area (Å²) >= 11 is 0. The number of nitrogens with two attached hydrogens (primary N) is 1. The summed E-state index contributed by atoms with van der Waals surface area (Å²) in [6.07, 6.45) is 1.50. The number of benzene rings is 1. The van der Waals surface area contributed by atoms with E-state index in [1.165, 1.54) is 11.0 Å². The molecular weight excluding hydrogens is 220 g/mol. The van der Waals surface area contributed by atoms with Crippen LogP contribution in [-0.4, -0.2) is 32.2 Å². The topological polar surface area (TPSA) is 98.7 Å². The Labute approximate surface area is 97.6 Å². The first kappa shape index (κ1) is 11.1. The van der Waals surface area contributed by atoms with Gasteiger partial charge in [-0.2, -0.15) is 0 Å². The van der Waals surface area contributed by atoms with Gasteiger partial charge in [0.1, 0.15) is 12.4 Å². The highest BCUT2D eigenvalue weighted by atomic mass is 16.1. The molecule has 17 heavy (non-hydrogen) atoms. The van der Waals surface area contributed by atoms with Crippen molar-refractivity contribution in [1.82, 2.24) is 20.2 Å². The highest BCUT2D eigenvalue weighted by Gasteiger charge is 2.08. The molecule has 0 radical (unpaired) electrons. The van der Waals surface area contributed by atoms with Crippen LogP contribution in [-0.2, 0) is 4.79 Å². The highest BCUT2D eigenvalue weighted by molar-refractivity contribution is 5.82. The Bertz CT molecular complexity index is 509. The second-order valence-corrected chi connectivity index (χ2v) is 3.57. The third kappa shape index (κ3) is 2.57. The number of aromatic nitrogens is 4. The van der Waals surface area contributed by atoms with Crippen molar-refractivity contribution in [2.45, 2.75) is 13.0 Å². The predicted molar refractivity (Wildman–Crippen MR) is 61.4 cm³/mol. The van der Waals surface area contributed by atoms with E-state index in [1.54, 1.807) is 6.92 Å². The van der Waals surface area contributed by atoms with Crippen LogP contribution in [0.15, 0.2) is 30.6 Å². The monoisotopic (exact) mass is 232 g/mol. The van der Waals surface area contributed by atoms with Crippen molar-refractivity contribution in [2.24, 2.45) is 5.73 Å². The number of hydrogen-bond donors (Lipinski definition) is 2. The van der Waals surface area contributed by atoms with E-state index in [-0.39, 0.29) is 0 Å². The zero-order chi connectivity index (χ0) is 12.3. The van der Waals surface area contributed by atoms with E-state index in [0.29, 0.717) is 0 Å². The molecule has 1 atom stereocenters. The summed E-state index contributed by atoms with van der Waals surface area (Å²) in [6.45, 7) is 1.70. The minimum Gasteiger partial charge on any atom is -0.374 e. The van der Waals surface area contributed by atoms with E-state index >= 15 is 0 Å². The summed E-state index contributed by atoms with van der Waals surface area (Å²) in [5.41, 5.74) is 6.76. The fourth-order valence-electron chi connectivity index (χ4n) is 1.34. The number of carbonyl (C=O) groups excluding carboxylic acids is 1. The van der Waals surface area contributed by atoms with Gasteiger partial charge in [-0.1, -0.05) is 6.07 Å². The van der Waals surface area contributed by atoms with E-state index in [9.17, 15) is 4.79 Å². The molecule has 0 fully saturated rings. The van der Waals surface area contributed by atoms with Crippen LogP contribution in [0.25, 0.3) is 5.69 Å². The van der Waals surface area contributed by atoms with Gasteiger partial charge in [-0.3, -0.25) is 4.79 Å². The number of primary amides is 1. The summed E-state index contributed by atoms with van der Waals surface area (Å²) in [7, 11) is 0. The number of nitrogens with zero attached hydrogens (tertiary/aromatic N) is 4.